The van der Waals surface area contributed by atoms with Gasteiger partial charge in [-0.05, 0) is 78.1 Å². The molecule has 4 aromatic carbocycles. The molecular weight excluding hydrogens is 496 g/mol. The highest BCUT2D eigenvalue weighted by Gasteiger charge is 2.44. The van der Waals surface area contributed by atoms with Gasteiger partial charge in [0.25, 0.3) is 5.91 Å². The highest BCUT2D eigenvalue weighted by molar-refractivity contribution is 5.95. The smallest absolute Gasteiger partial charge is 0.253 e. The van der Waals surface area contributed by atoms with Gasteiger partial charge in [-0.15, -0.1) is 0 Å². The van der Waals surface area contributed by atoms with Crippen molar-refractivity contribution in [2.75, 3.05) is 25.1 Å². The van der Waals surface area contributed by atoms with Crippen molar-refractivity contribution in [3.8, 4) is 11.1 Å². The molecule has 0 aromatic heterocycles. The van der Waals surface area contributed by atoms with Crippen molar-refractivity contribution in [2.45, 2.75) is 18.3 Å². The summed E-state index contributed by atoms with van der Waals surface area (Å²) in [6, 6.07) is 29.0. The van der Waals surface area contributed by atoms with E-state index in [4.69, 9.17) is 0 Å². The summed E-state index contributed by atoms with van der Waals surface area (Å²) < 4.78 is 27.0. The number of para-hydroxylation sites is 1. The fourth-order valence-corrected chi connectivity index (χ4v) is 5.11. The maximum Gasteiger partial charge on any atom is 0.253 e. The van der Waals surface area contributed by atoms with Crippen LogP contribution >= 0.6 is 0 Å². The molecular formula is C32H29F2N3O2. The van der Waals surface area contributed by atoms with Crippen LogP contribution in [0.2, 0.25) is 0 Å². The molecule has 0 spiro atoms. The van der Waals surface area contributed by atoms with E-state index in [1.165, 1.54) is 24.3 Å². The van der Waals surface area contributed by atoms with Crippen LogP contribution in [0.3, 0.4) is 0 Å². The normalized spacial score (nSPS) is 14.5. The van der Waals surface area contributed by atoms with Crippen molar-refractivity contribution < 1.29 is 18.4 Å². The summed E-state index contributed by atoms with van der Waals surface area (Å²) in [4.78, 5) is 28.8. The van der Waals surface area contributed by atoms with Crippen molar-refractivity contribution in [2.24, 2.45) is 0 Å². The number of nitrogens with one attached hydrogen (secondary N) is 1. The maximum atomic E-state index is 13.8. The number of nitrogens with zero attached hydrogens (tertiary/aromatic N) is 2. The summed E-state index contributed by atoms with van der Waals surface area (Å²) in [6.07, 6.45) is 0.791. The lowest BCUT2D eigenvalue weighted by molar-refractivity contribution is -0.128. The number of hydrogen-bond donors (Lipinski definition) is 1. The van der Waals surface area contributed by atoms with Crippen LogP contribution in [0.1, 0.15) is 28.8 Å². The van der Waals surface area contributed by atoms with Gasteiger partial charge < -0.3 is 4.90 Å². The molecule has 0 unspecified atom stereocenters. The Kier molecular flexibility index (Phi) is 7.41. The first-order valence-electron chi connectivity index (χ1n) is 12.9. The number of hydrogen-bond acceptors (Lipinski definition) is 3. The molecule has 0 radical (unpaired) electrons. The number of hydrazine groups is 1. The van der Waals surface area contributed by atoms with Crippen molar-refractivity contribution in [1.82, 2.24) is 10.3 Å². The maximum absolute atomic E-state index is 13.8. The number of benzene rings is 4. The molecule has 2 amide bonds. The van der Waals surface area contributed by atoms with Crippen molar-refractivity contribution in [3.05, 3.63) is 126 Å². The summed E-state index contributed by atoms with van der Waals surface area (Å²) in [7, 11) is 1.78. The molecule has 0 saturated carbocycles. The van der Waals surface area contributed by atoms with E-state index < -0.39 is 5.41 Å². The Bertz CT molecular complexity index is 1430. The van der Waals surface area contributed by atoms with E-state index in [9.17, 15) is 18.4 Å². The summed E-state index contributed by atoms with van der Waals surface area (Å²) in [5.41, 5.74) is 5.93. The van der Waals surface area contributed by atoms with Crippen LogP contribution in [-0.2, 0) is 10.2 Å². The van der Waals surface area contributed by atoms with Gasteiger partial charge in [0.2, 0.25) is 5.91 Å². The molecule has 4 aromatic rings. The monoisotopic (exact) mass is 525 g/mol. The first-order valence-corrected chi connectivity index (χ1v) is 12.9. The molecule has 5 rings (SSSR count). The quantitative estimate of drug-likeness (QED) is 0.316. The summed E-state index contributed by atoms with van der Waals surface area (Å²) >= 11 is 0. The van der Waals surface area contributed by atoms with Crippen molar-refractivity contribution >= 4 is 17.5 Å². The van der Waals surface area contributed by atoms with Crippen LogP contribution < -0.4 is 10.4 Å². The molecule has 1 aliphatic heterocycles. The van der Waals surface area contributed by atoms with Gasteiger partial charge in [-0.2, -0.15) is 0 Å². The molecule has 1 fully saturated rings. The highest BCUT2D eigenvalue weighted by Crippen LogP contribution is 2.37. The standard InChI is InChI=1S/C32H29F2N3O2/c1-36(29-5-3-2-4-6-29)35-31(39)32(26-13-17-28(34)18-14-26)19-21-37(22-20-32)30(38)25-9-7-23(8-10-25)24-11-15-27(33)16-12-24/h2-18H,19-22H2,1H3,(H,35,39). The molecule has 1 aliphatic rings. The van der Waals surface area contributed by atoms with Crippen LogP contribution in [0.4, 0.5) is 14.5 Å². The van der Waals surface area contributed by atoms with Crippen LogP contribution in [0, 0.1) is 11.6 Å². The van der Waals surface area contributed by atoms with Gasteiger partial charge in [-0.25, -0.2) is 8.78 Å². The van der Waals surface area contributed by atoms with Gasteiger partial charge in [-0.1, -0.05) is 54.6 Å². The van der Waals surface area contributed by atoms with Gasteiger partial charge in [0.05, 0.1) is 11.1 Å². The van der Waals surface area contributed by atoms with Gasteiger partial charge in [-0.3, -0.25) is 20.0 Å². The number of anilines is 1. The number of piperidine rings is 1. The number of carbonyl (C=O) groups is 2. The van der Waals surface area contributed by atoms with E-state index in [0.29, 0.717) is 31.5 Å². The molecule has 1 heterocycles. The second kappa shape index (κ2) is 11.1. The number of halogens is 2. The number of carbonyl (C=O) groups excluding carboxylic acids is 2. The largest absolute Gasteiger partial charge is 0.339 e. The second-order valence-electron chi connectivity index (χ2n) is 9.80. The Morgan fingerprint density at radius 1 is 0.744 bits per heavy atom. The third-order valence-electron chi connectivity index (χ3n) is 7.46. The molecule has 198 valence electrons. The van der Waals surface area contributed by atoms with Crippen LogP contribution in [0.25, 0.3) is 11.1 Å². The zero-order valence-corrected chi connectivity index (χ0v) is 21.6. The average molecular weight is 526 g/mol. The zero-order chi connectivity index (χ0) is 27.4. The van der Waals surface area contributed by atoms with Crippen LogP contribution in [-0.4, -0.2) is 36.9 Å². The van der Waals surface area contributed by atoms with E-state index in [2.05, 4.69) is 5.43 Å². The molecule has 7 heteroatoms. The van der Waals surface area contributed by atoms with Crippen molar-refractivity contribution in [3.63, 3.8) is 0 Å². The summed E-state index contributed by atoms with van der Waals surface area (Å²) in [5, 5.41) is 1.67. The van der Waals surface area contributed by atoms with Gasteiger partial charge in [0.15, 0.2) is 0 Å². The first-order chi connectivity index (χ1) is 18.9. The predicted octanol–water partition coefficient (Wildman–Crippen LogP) is 5.97. The number of likely N-dealkylation sites (tertiary alicyclic amines) is 1. The van der Waals surface area contributed by atoms with Crippen molar-refractivity contribution in [1.29, 1.82) is 0 Å². The van der Waals surface area contributed by atoms with Gasteiger partial charge in [0, 0.05) is 25.7 Å². The van der Waals surface area contributed by atoms with Crippen LogP contribution in [0.15, 0.2) is 103 Å². The Morgan fingerprint density at radius 3 is 1.82 bits per heavy atom. The molecule has 0 bridgehead atoms. The van der Waals surface area contributed by atoms with Gasteiger partial charge in [0.1, 0.15) is 11.6 Å². The Hall–Kier alpha value is -4.52. The Labute approximate surface area is 226 Å². The average Bonchev–Trinajstić information content (AvgIpc) is 2.98. The second-order valence-corrected chi connectivity index (χ2v) is 9.80. The molecule has 1 N–H and O–H groups in total. The number of rotatable bonds is 6. The molecule has 39 heavy (non-hydrogen) atoms. The zero-order valence-electron chi connectivity index (χ0n) is 21.6. The molecule has 1 saturated heterocycles. The van der Waals surface area contributed by atoms with E-state index >= 15 is 0 Å². The summed E-state index contributed by atoms with van der Waals surface area (Å²) in [5.74, 6) is -0.980. The lowest BCUT2D eigenvalue weighted by Crippen LogP contribution is -2.55. The minimum absolute atomic E-state index is 0.116. The summed E-state index contributed by atoms with van der Waals surface area (Å²) in [6.45, 7) is 0.747. The highest BCUT2D eigenvalue weighted by atomic mass is 19.1. The van der Waals surface area contributed by atoms with E-state index in [0.717, 1.165) is 22.4 Å². The minimum Gasteiger partial charge on any atom is -0.339 e. The predicted molar refractivity (Wildman–Crippen MR) is 148 cm³/mol. The molecule has 0 aliphatic carbocycles. The third kappa shape index (κ3) is 5.53. The minimum atomic E-state index is -0.917. The van der Waals surface area contributed by atoms with Gasteiger partial charge >= 0.3 is 0 Å². The molecule has 0 atom stereocenters. The third-order valence-corrected chi connectivity index (χ3v) is 7.46. The van der Waals surface area contributed by atoms with E-state index in [-0.39, 0.29) is 23.4 Å². The van der Waals surface area contributed by atoms with E-state index in [1.807, 2.05) is 42.5 Å². The fraction of sp³-hybridized carbons (Fsp3) is 0.188. The topological polar surface area (TPSA) is 52.7 Å². The first kappa shape index (κ1) is 26.1. The fourth-order valence-electron chi connectivity index (χ4n) is 5.11. The molecule has 5 nitrogen and oxygen atoms in total. The SMILES string of the molecule is CN(NC(=O)C1(c2ccc(F)cc2)CCN(C(=O)c2ccc(-c3ccc(F)cc3)cc2)CC1)c1ccccc1. The lowest BCUT2D eigenvalue weighted by Gasteiger charge is -2.42. The van der Waals surface area contributed by atoms with Crippen LogP contribution in [0.5, 0.6) is 0 Å². The van der Waals surface area contributed by atoms with E-state index in [1.54, 1.807) is 53.4 Å². The number of amides is 2. The lowest BCUT2D eigenvalue weighted by atomic mass is 9.72. The Morgan fingerprint density at radius 2 is 1.26 bits per heavy atom. The Balaban J connectivity index is 1.32.